The predicted molar refractivity (Wildman–Crippen MR) is 79.8 cm³/mol. The highest BCUT2D eigenvalue weighted by Gasteiger charge is 2.27. The molecule has 0 saturated carbocycles. The number of hydrogen-bond acceptors (Lipinski definition) is 5. The molecule has 2 saturated heterocycles. The average Bonchev–Trinajstić information content (AvgIpc) is 2.39. The van der Waals surface area contributed by atoms with Gasteiger partial charge in [0.2, 0.25) is 0 Å². The average molecular weight is 283 g/mol. The van der Waals surface area contributed by atoms with Gasteiger partial charge in [-0.3, -0.25) is 14.6 Å². The molecule has 20 heavy (non-hydrogen) atoms. The van der Waals surface area contributed by atoms with Gasteiger partial charge in [-0.1, -0.05) is 0 Å². The third-order valence-electron chi connectivity index (χ3n) is 4.33. The van der Waals surface area contributed by atoms with E-state index in [0.29, 0.717) is 6.54 Å². The van der Waals surface area contributed by atoms with Crippen LogP contribution in [0.2, 0.25) is 0 Å². The standard InChI is InChI=1S/C15H29N3O2/c1-13(2)20-15(19)12-17-8-10-18(11-9-17)14-4-6-16(3)7-5-14/h13-14H,4-12H2,1-3H3. The van der Waals surface area contributed by atoms with E-state index in [0.717, 1.165) is 32.2 Å². The Kier molecular flexibility index (Phi) is 5.81. The van der Waals surface area contributed by atoms with E-state index in [9.17, 15) is 4.79 Å². The molecule has 2 fully saturated rings. The highest BCUT2D eigenvalue weighted by atomic mass is 16.5. The van der Waals surface area contributed by atoms with E-state index in [4.69, 9.17) is 4.74 Å². The van der Waals surface area contributed by atoms with Crippen molar-refractivity contribution in [2.24, 2.45) is 0 Å². The van der Waals surface area contributed by atoms with Crippen LogP contribution >= 0.6 is 0 Å². The number of hydrogen-bond donors (Lipinski definition) is 0. The molecule has 0 bridgehead atoms. The van der Waals surface area contributed by atoms with Crippen molar-refractivity contribution in [3.8, 4) is 0 Å². The normalized spacial score (nSPS) is 24.2. The molecular weight excluding hydrogens is 254 g/mol. The molecule has 2 heterocycles. The largest absolute Gasteiger partial charge is 0.462 e. The number of carbonyl (C=O) groups is 1. The second-order valence-electron chi connectivity index (χ2n) is 6.39. The van der Waals surface area contributed by atoms with Crippen LogP contribution in [0.3, 0.4) is 0 Å². The number of ether oxygens (including phenoxy) is 1. The fraction of sp³-hybridized carbons (Fsp3) is 0.933. The Labute approximate surface area is 122 Å². The van der Waals surface area contributed by atoms with Crippen molar-refractivity contribution in [2.75, 3.05) is 52.9 Å². The monoisotopic (exact) mass is 283 g/mol. The van der Waals surface area contributed by atoms with Crippen LogP contribution in [0.5, 0.6) is 0 Å². The molecule has 0 N–H and O–H groups in total. The lowest BCUT2D eigenvalue weighted by Crippen LogP contribution is -2.53. The minimum atomic E-state index is -0.0901. The maximum absolute atomic E-state index is 11.7. The van der Waals surface area contributed by atoms with Gasteiger partial charge in [0.15, 0.2) is 0 Å². The lowest BCUT2D eigenvalue weighted by Gasteiger charge is -2.42. The molecule has 0 radical (unpaired) electrons. The molecular formula is C15H29N3O2. The van der Waals surface area contributed by atoms with Gasteiger partial charge in [-0.25, -0.2) is 0 Å². The SMILES string of the molecule is CC(C)OC(=O)CN1CCN(C2CCN(C)CC2)CC1. The molecule has 0 atom stereocenters. The molecule has 0 aliphatic carbocycles. The lowest BCUT2D eigenvalue weighted by atomic mass is 10.0. The van der Waals surface area contributed by atoms with Crippen LogP contribution in [0.15, 0.2) is 0 Å². The Bertz CT molecular complexity index is 306. The number of piperazine rings is 1. The van der Waals surface area contributed by atoms with Crippen LogP contribution in [0.1, 0.15) is 26.7 Å². The highest BCUT2D eigenvalue weighted by Crippen LogP contribution is 2.17. The highest BCUT2D eigenvalue weighted by molar-refractivity contribution is 5.71. The molecule has 2 aliphatic rings. The molecule has 0 aromatic rings. The van der Waals surface area contributed by atoms with Gasteiger partial charge >= 0.3 is 5.97 Å². The summed E-state index contributed by atoms with van der Waals surface area (Å²) < 4.78 is 5.21. The Morgan fingerprint density at radius 1 is 1.10 bits per heavy atom. The van der Waals surface area contributed by atoms with Gasteiger partial charge in [0.25, 0.3) is 0 Å². The van der Waals surface area contributed by atoms with Crippen molar-refractivity contribution in [1.82, 2.24) is 14.7 Å². The first-order valence-corrected chi connectivity index (χ1v) is 7.89. The van der Waals surface area contributed by atoms with Crippen molar-refractivity contribution in [3.05, 3.63) is 0 Å². The molecule has 0 unspecified atom stereocenters. The van der Waals surface area contributed by atoms with Gasteiger partial charge in [-0.15, -0.1) is 0 Å². The topological polar surface area (TPSA) is 36.0 Å². The summed E-state index contributed by atoms with van der Waals surface area (Å²) in [5, 5.41) is 0. The molecule has 0 aromatic carbocycles. The minimum Gasteiger partial charge on any atom is -0.462 e. The molecule has 0 amide bonds. The quantitative estimate of drug-likeness (QED) is 0.708. The van der Waals surface area contributed by atoms with Crippen molar-refractivity contribution >= 4 is 5.97 Å². The van der Waals surface area contributed by atoms with Crippen molar-refractivity contribution < 1.29 is 9.53 Å². The van der Waals surface area contributed by atoms with Crippen LogP contribution in [-0.4, -0.2) is 85.7 Å². The Morgan fingerprint density at radius 3 is 2.25 bits per heavy atom. The Hall–Kier alpha value is -0.650. The van der Waals surface area contributed by atoms with Crippen molar-refractivity contribution in [1.29, 1.82) is 0 Å². The zero-order chi connectivity index (χ0) is 14.5. The third kappa shape index (κ3) is 4.72. The van der Waals surface area contributed by atoms with E-state index >= 15 is 0 Å². The maximum atomic E-state index is 11.7. The number of rotatable bonds is 4. The first-order valence-electron chi connectivity index (χ1n) is 7.89. The van der Waals surface area contributed by atoms with E-state index in [-0.39, 0.29) is 12.1 Å². The number of nitrogens with zero attached hydrogens (tertiary/aromatic N) is 3. The maximum Gasteiger partial charge on any atom is 0.320 e. The third-order valence-corrected chi connectivity index (χ3v) is 4.33. The predicted octanol–water partition coefficient (Wildman–Crippen LogP) is 0.650. The van der Waals surface area contributed by atoms with Crippen LogP contribution in [0, 0.1) is 0 Å². The summed E-state index contributed by atoms with van der Waals surface area (Å²) in [6.45, 7) is 10.8. The fourth-order valence-corrected chi connectivity index (χ4v) is 3.13. The van der Waals surface area contributed by atoms with E-state index < -0.39 is 0 Å². The van der Waals surface area contributed by atoms with E-state index in [1.807, 2.05) is 13.8 Å². The zero-order valence-electron chi connectivity index (χ0n) is 13.2. The van der Waals surface area contributed by atoms with Gasteiger partial charge in [-0.05, 0) is 46.8 Å². The molecule has 2 aliphatic heterocycles. The molecule has 116 valence electrons. The van der Waals surface area contributed by atoms with Gasteiger partial charge in [-0.2, -0.15) is 0 Å². The van der Waals surface area contributed by atoms with Crippen molar-refractivity contribution in [2.45, 2.75) is 38.8 Å². The fourth-order valence-electron chi connectivity index (χ4n) is 3.13. The molecule has 0 spiro atoms. The summed E-state index contributed by atoms with van der Waals surface area (Å²) in [6, 6.07) is 0.746. The number of piperidine rings is 1. The summed E-state index contributed by atoms with van der Waals surface area (Å²) in [5.41, 5.74) is 0. The summed E-state index contributed by atoms with van der Waals surface area (Å²) in [6.07, 6.45) is 2.56. The molecule has 5 nitrogen and oxygen atoms in total. The summed E-state index contributed by atoms with van der Waals surface area (Å²) in [4.78, 5) is 18.9. The minimum absolute atomic E-state index is 0.0111. The summed E-state index contributed by atoms with van der Waals surface area (Å²) in [5.74, 6) is -0.0901. The first kappa shape index (κ1) is 15.7. The second-order valence-corrected chi connectivity index (χ2v) is 6.39. The number of esters is 1. The van der Waals surface area contributed by atoms with Crippen LogP contribution in [0.25, 0.3) is 0 Å². The smallest absolute Gasteiger partial charge is 0.320 e. The Balaban J connectivity index is 1.68. The van der Waals surface area contributed by atoms with Gasteiger partial charge < -0.3 is 9.64 Å². The first-order chi connectivity index (χ1) is 9.54. The van der Waals surface area contributed by atoms with Gasteiger partial charge in [0.1, 0.15) is 0 Å². The molecule has 0 aromatic heterocycles. The zero-order valence-corrected chi connectivity index (χ0v) is 13.2. The Morgan fingerprint density at radius 2 is 1.70 bits per heavy atom. The second kappa shape index (κ2) is 7.38. The van der Waals surface area contributed by atoms with E-state index in [1.165, 1.54) is 25.9 Å². The van der Waals surface area contributed by atoms with E-state index in [2.05, 4.69) is 21.7 Å². The van der Waals surface area contributed by atoms with Gasteiger partial charge in [0.05, 0.1) is 12.6 Å². The van der Waals surface area contributed by atoms with Crippen molar-refractivity contribution in [3.63, 3.8) is 0 Å². The summed E-state index contributed by atoms with van der Waals surface area (Å²) in [7, 11) is 2.20. The summed E-state index contributed by atoms with van der Waals surface area (Å²) >= 11 is 0. The number of carbonyl (C=O) groups excluding carboxylic acids is 1. The molecule has 5 heteroatoms. The number of likely N-dealkylation sites (tertiary alicyclic amines) is 1. The van der Waals surface area contributed by atoms with Crippen LogP contribution in [-0.2, 0) is 9.53 Å². The van der Waals surface area contributed by atoms with Crippen LogP contribution in [0.4, 0.5) is 0 Å². The van der Waals surface area contributed by atoms with E-state index in [1.54, 1.807) is 0 Å². The van der Waals surface area contributed by atoms with Crippen LogP contribution < -0.4 is 0 Å². The molecule has 2 rings (SSSR count). The lowest BCUT2D eigenvalue weighted by molar-refractivity contribution is -0.149. The van der Waals surface area contributed by atoms with Gasteiger partial charge in [0, 0.05) is 32.2 Å².